The zero-order valence-corrected chi connectivity index (χ0v) is 15.6. The summed E-state index contributed by atoms with van der Waals surface area (Å²) < 4.78 is 5.45. The Labute approximate surface area is 149 Å². The van der Waals surface area contributed by atoms with Gasteiger partial charge >= 0.3 is 0 Å². The third kappa shape index (κ3) is 6.40. The van der Waals surface area contributed by atoms with E-state index in [0.29, 0.717) is 10.8 Å². The van der Waals surface area contributed by atoms with Gasteiger partial charge in [-0.1, -0.05) is 38.3 Å². The minimum absolute atomic E-state index is 0.0762. The number of carbonyl (C=O) groups excluding carboxylic acids is 2. The quantitative estimate of drug-likeness (QED) is 0.699. The summed E-state index contributed by atoms with van der Waals surface area (Å²) in [5.74, 6) is -0.0607. The molecule has 0 radical (unpaired) electrons. The number of unbranched alkanes of at least 4 members (excludes halogenated alkanes) is 1. The fraction of sp³-hybridized carbons (Fsp3) is 0.556. The van der Waals surface area contributed by atoms with Gasteiger partial charge < -0.3 is 4.74 Å². The van der Waals surface area contributed by atoms with Gasteiger partial charge in [0.1, 0.15) is 5.75 Å². The van der Waals surface area contributed by atoms with Gasteiger partial charge in [0.15, 0.2) is 6.61 Å². The minimum Gasteiger partial charge on any atom is -0.484 e. The van der Waals surface area contributed by atoms with Crippen LogP contribution in [0.25, 0.3) is 0 Å². The summed E-state index contributed by atoms with van der Waals surface area (Å²) >= 11 is 6.09. The van der Waals surface area contributed by atoms with Crippen LogP contribution in [0, 0.1) is 19.8 Å². The fourth-order valence-corrected chi connectivity index (χ4v) is 2.49. The van der Waals surface area contributed by atoms with E-state index in [2.05, 4.69) is 17.8 Å². The molecule has 0 heterocycles. The Morgan fingerprint density at radius 2 is 1.79 bits per heavy atom. The Morgan fingerprint density at radius 1 is 1.17 bits per heavy atom. The second kappa shape index (κ2) is 10.2. The molecule has 5 nitrogen and oxygen atoms in total. The average Bonchev–Trinajstić information content (AvgIpc) is 2.56. The van der Waals surface area contributed by atoms with E-state index in [1.165, 1.54) is 0 Å². The number of hydrogen-bond acceptors (Lipinski definition) is 3. The summed E-state index contributed by atoms with van der Waals surface area (Å²) in [5.41, 5.74) is 6.65. The summed E-state index contributed by atoms with van der Waals surface area (Å²) in [6, 6.07) is 3.55. The van der Waals surface area contributed by atoms with Crippen LogP contribution in [-0.2, 0) is 9.59 Å². The Balaban J connectivity index is 2.42. The topological polar surface area (TPSA) is 67.4 Å². The van der Waals surface area contributed by atoms with E-state index < -0.39 is 5.91 Å². The van der Waals surface area contributed by atoms with Crippen molar-refractivity contribution in [2.24, 2.45) is 5.92 Å². The van der Waals surface area contributed by atoms with E-state index in [1.807, 2.05) is 20.8 Å². The predicted molar refractivity (Wildman–Crippen MR) is 96.0 cm³/mol. The maximum absolute atomic E-state index is 12.0. The molecule has 24 heavy (non-hydrogen) atoms. The Morgan fingerprint density at radius 3 is 2.33 bits per heavy atom. The minimum atomic E-state index is -0.404. The van der Waals surface area contributed by atoms with Gasteiger partial charge in [0.2, 0.25) is 5.91 Å². The number of carbonyl (C=O) groups is 2. The van der Waals surface area contributed by atoms with Gasteiger partial charge in [0.05, 0.1) is 0 Å². The molecular weight excluding hydrogens is 328 g/mol. The van der Waals surface area contributed by atoms with E-state index in [-0.39, 0.29) is 18.4 Å². The van der Waals surface area contributed by atoms with Crippen LogP contribution in [0.2, 0.25) is 5.02 Å². The average molecular weight is 355 g/mol. The van der Waals surface area contributed by atoms with E-state index in [9.17, 15) is 9.59 Å². The highest BCUT2D eigenvalue weighted by Gasteiger charge is 2.16. The van der Waals surface area contributed by atoms with E-state index in [0.717, 1.165) is 36.8 Å². The fourth-order valence-electron chi connectivity index (χ4n) is 2.38. The molecular formula is C18H27ClN2O3. The van der Waals surface area contributed by atoms with Crippen molar-refractivity contribution >= 4 is 23.4 Å². The van der Waals surface area contributed by atoms with Gasteiger partial charge in [0, 0.05) is 10.9 Å². The largest absolute Gasteiger partial charge is 0.484 e. The first-order valence-corrected chi connectivity index (χ1v) is 8.75. The molecule has 0 spiro atoms. The second-order valence-electron chi connectivity index (χ2n) is 5.94. The molecule has 0 fully saturated rings. The molecule has 2 amide bonds. The van der Waals surface area contributed by atoms with Crippen LogP contribution < -0.4 is 15.6 Å². The number of hydrogen-bond donors (Lipinski definition) is 2. The van der Waals surface area contributed by atoms with Crippen LogP contribution in [0.4, 0.5) is 0 Å². The first kappa shape index (κ1) is 20.3. The molecule has 1 atom stereocenters. The van der Waals surface area contributed by atoms with Crippen LogP contribution in [0.3, 0.4) is 0 Å². The van der Waals surface area contributed by atoms with Crippen molar-refractivity contribution in [3.8, 4) is 5.75 Å². The summed E-state index contributed by atoms with van der Waals surface area (Å²) in [7, 11) is 0. The van der Waals surface area contributed by atoms with E-state index in [1.54, 1.807) is 12.1 Å². The lowest BCUT2D eigenvalue weighted by Crippen LogP contribution is -2.46. The normalized spacial score (nSPS) is 11.7. The van der Waals surface area contributed by atoms with Gasteiger partial charge in [-0.25, -0.2) is 0 Å². The summed E-state index contributed by atoms with van der Waals surface area (Å²) in [6.07, 6.45) is 3.62. The third-order valence-electron chi connectivity index (χ3n) is 3.87. The number of ether oxygens (including phenoxy) is 1. The predicted octanol–water partition coefficient (Wildman–Crippen LogP) is 3.70. The lowest BCUT2D eigenvalue weighted by Gasteiger charge is -2.15. The Bertz CT molecular complexity index is 552. The molecule has 0 aliphatic rings. The van der Waals surface area contributed by atoms with Gasteiger partial charge in [-0.05, 0) is 49.9 Å². The van der Waals surface area contributed by atoms with E-state index in [4.69, 9.17) is 16.3 Å². The van der Waals surface area contributed by atoms with Gasteiger partial charge in [-0.2, -0.15) is 0 Å². The molecule has 0 aliphatic heterocycles. The highest BCUT2D eigenvalue weighted by Crippen LogP contribution is 2.25. The monoisotopic (exact) mass is 354 g/mol. The van der Waals surface area contributed by atoms with Gasteiger partial charge in [-0.3, -0.25) is 20.4 Å². The van der Waals surface area contributed by atoms with Crippen LogP contribution in [0.1, 0.15) is 50.7 Å². The highest BCUT2D eigenvalue weighted by molar-refractivity contribution is 6.32. The number of rotatable bonds is 8. The molecule has 1 aromatic carbocycles. The molecule has 1 rings (SSSR count). The Kier molecular flexibility index (Phi) is 8.61. The summed E-state index contributed by atoms with van der Waals surface area (Å²) in [5, 5.41) is 0.691. The summed E-state index contributed by atoms with van der Waals surface area (Å²) in [6.45, 7) is 7.64. The molecule has 0 aromatic heterocycles. The molecule has 0 saturated carbocycles. The maximum atomic E-state index is 12.0. The molecule has 134 valence electrons. The van der Waals surface area contributed by atoms with E-state index >= 15 is 0 Å². The molecule has 0 unspecified atom stereocenters. The number of halogens is 1. The van der Waals surface area contributed by atoms with Crippen molar-refractivity contribution in [2.45, 2.75) is 53.4 Å². The number of hydrazine groups is 1. The van der Waals surface area contributed by atoms with Crippen LogP contribution in [-0.4, -0.2) is 18.4 Å². The zero-order chi connectivity index (χ0) is 18.1. The molecule has 6 heteroatoms. The molecule has 1 aromatic rings. The van der Waals surface area contributed by atoms with Crippen molar-refractivity contribution in [3.05, 3.63) is 28.3 Å². The Hall–Kier alpha value is -1.75. The van der Waals surface area contributed by atoms with Crippen molar-refractivity contribution in [1.29, 1.82) is 0 Å². The van der Waals surface area contributed by atoms with Crippen LogP contribution in [0.15, 0.2) is 12.1 Å². The molecule has 0 aliphatic carbocycles. The lowest BCUT2D eigenvalue weighted by atomic mass is 9.99. The maximum Gasteiger partial charge on any atom is 0.276 e. The highest BCUT2D eigenvalue weighted by atomic mass is 35.5. The van der Waals surface area contributed by atoms with Gasteiger partial charge in [-0.15, -0.1) is 0 Å². The number of aryl methyl sites for hydroxylation is 2. The number of benzene rings is 1. The van der Waals surface area contributed by atoms with Crippen molar-refractivity contribution < 1.29 is 14.3 Å². The zero-order valence-electron chi connectivity index (χ0n) is 14.9. The first-order chi connectivity index (χ1) is 11.4. The number of amides is 2. The molecule has 0 saturated heterocycles. The van der Waals surface area contributed by atoms with Crippen molar-refractivity contribution in [3.63, 3.8) is 0 Å². The smallest absolute Gasteiger partial charge is 0.276 e. The second-order valence-corrected chi connectivity index (χ2v) is 6.32. The van der Waals surface area contributed by atoms with Crippen LogP contribution in [0.5, 0.6) is 5.75 Å². The molecule has 2 N–H and O–H groups in total. The van der Waals surface area contributed by atoms with Crippen molar-refractivity contribution in [1.82, 2.24) is 10.9 Å². The third-order valence-corrected chi connectivity index (χ3v) is 4.47. The van der Waals surface area contributed by atoms with Crippen LogP contribution >= 0.6 is 11.6 Å². The first-order valence-electron chi connectivity index (χ1n) is 8.37. The summed E-state index contributed by atoms with van der Waals surface area (Å²) in [4.78, 5) is 23.8. The van der Waals surface area contributed by atoms with Gasteiger partial charge in [0.25, 0.3) is 5.91 Å². The van der Waals surface area contributed by atoms with Crippen molar-refractivity contribution in [2.75, 3.05) is 6.61 Å². The number of nitrogens with one attached hydrogen (secondary N) is 2. The standard InChI is InChI=1S/C18H27ClN2O3/c1-5-7-8-14(6-2)18(23)21-20-16(22)11-24-15-9-12(3)17(19)13(4)10-15/h9-10,14H,5-8,11H2,1-4H3,(H,20,22)(H,21,23)/t14-/m1/s1. The molecule has 0 bridgehead atoms. The SMILES string of the molecule is CCCC[C@@H](CC)C(=O)NNC(=O)COc1cc(C)c(Cl)c(C)c1. The lowest BCUT2D eigenvalue weighted by molar-refractivity contribution is -0.132.